The van der Waals surface area contributed by atoms with Crippen molar-refractivity contribution in [2.45, 2.75) is 38.4 Å². The lowest BCUT2D eigenvalue weighted by Crippen LogP contribution is -2.44. The Morgan fingerprint density at radius 3 is 2.28 bits per heavy atom. The van der Waals surface area contributed by atoms with Crippen molar-refractivity contribution in [2.75, 3.05) is 5.32 Å². The minimum atomic E-state index is -4.55. The quantitative estimate of drug-likeness (QED) is 0.675. The molecule has 2 rings (SSSR count). The van der Waals surface area contributed by atoms with Crippen LogP contribution < -0.4 is 10.6 Å². The average molecular weight is 415 g/mol. The first kappa shape index (κ1) is 22.3. The molecule has 1 unspecified atom stereocenters. The fourth-order valence-electron chi connectivity index (χ4n) is 2.55. The van der Waals surface area contributed by atoms with Crippen molar-refractivity contribution >= 4 is 17.6 Å². The van der Waals surface area contributed by atoms with E-state index in [4.69, 9.17) is 0 Å². The van der Waals surface area contributed by atoms with Gasteiger partial charge in [0.15, 0.2) is 0 Å². The Bertz CT molecular complexity index is 849. The first-order valence-electron chi connectivity index (χ1n) is 8.67. The van der Waals surface area contributed by atoms with Gasteiger partial charge in [0.1, 0.15) is 23.5 Å². The molecular weight excluding hydrogens is 397 g/mol. The van der Waals surface area contributed by atoms with Crippen molar-refractivity contribution in [3.8, 4) is 0 Å². The van der Waals surface area contributed by atoms with Gasteiger partial charge in [0, 0.05) is 12.3 Å². The number of aromatic nitrogens is 1. The van der Waals surface area contributed by atoms with Crippen LogP contribution in [0.4, 0.5) is 27.8 Å². The van der Waals surface area contributed by atoms with Crippen LogP contribution in [0.15, 0.2) is 36.5 Å². The maximum Gasteiger partial charge on any atom is 0.417 e. The summed E-state index contributed by atoms with van der Waals surface area (Å²) >= 11 is 0. The Morgan fingerprint density at radius 1 is 1.10 bits per heavy atom. The molecule has 0 fully saturated rings. The van der Waals surface area contributed by atoms with Crippen LogP contribution in [-0.4, -0.2) is 22.8 Å². The number of anilines is 1. The molecule has 2 N–H and O–H groups in total. The molecule has 0 aliphatic heterocycles. The first-order chi connectivity index (χ1) is 13.6. The summed E-state index contributed by atoms with van der Waals surface area (Å²) in [6, 6.07) is 3.46. The average Bonchev–Trinajstić information content (AvgIpc) is 2.60. The van der Waals surface area contributed by atoms with Crippen LogP contribution in [0.25, 0.3) is 0 Å². The second kappa shape index (κ2) is 9.44. The lowest BCUT2D eigenvalue weighted by atomic mass is 10.1. The third kappa shape index (κ3) is 6.81. The van der Waals surface area contributed by atoms with Gasteiger partial charge in [-0.25, -0.2) is 13.8 Å². The standard InChI is InChI=1S/C19H18F5N3O2/c1-2-3-15(26-17(28)8-11-6-13(20)9-14(21)7-11)18(29)27-16-5-4-12(10-25-16)19(22,23)24/h4-7,9-10,15H,2-3,8H2,1H3,(H,26,28)(H,25,27,29). The monoisotopic (exact) mass is 415 g/mol. The van der Waals surface area contributed by atoms with Gasteiger partial charge in [-0.3, -0.25) is 9.59 Å². The molecule has 0 radical (unpaired) electrons. The normalized spacial score (nSPS) is 12.3. The number of pyridine rings is 1. The summed E-state index contributed by atoms with van der Waals surface area (Å²) in [5.41, 5.74) is -0.865. The summed E-state index contributed by atoms with van der Waals surface area (Å²) in [4.78, 5) is 28.1. The Kier molecular flexibility index (Phi) is 7.24. The van der Waals surface area contributed by atoms with Crippen molar-refractivity contribution in [2.24, 2.45) is 0 Å². The number of benzene rings is 1. The van der Waals surface area contributed by atoms with Gasteiger partial charge in [0.25, 0.3) is 0 Å². The second-order valence-corrected chi connectivity index (χ2v) is 6.28. The summed E-state index contributed by atoms with van der Waals surface area (Å²) in [7, 11) is 0. The Labute approximate surface area is 163 Å². The fraction of sp³-hybridized carbons (Fsp3) is 0.316. The van der Waals surface area contributed by atoms with E-state index in [2.05, 4.69) is 15.6 Å². The number of carbonyl (C=O) groups is 2. The lowest BCUT2D eigenvalue weighted by molar-refractivity contribution is -0.137. The van der Waals surface area contributed by atoms with E-state index in [1.807, 2.05) is 0 Å². The molecule has 0 spiro atoms. The zero-order valence-electron chi connectivity index (χ0n) is 15.3. The van der Waals surface area contributed by atoms with Crippen molar-refractivity contribution in [1.29, 1.82) is 0 Å². The summed E-state index contributed by atoms with van der Waals surface area (Å²) < 4.78 is 64.1. The lowest BCUT2D eigenvalue weighted by Gasteiger charge is -2.18. The maximum absolute atomic E-state index is 13.2. The van der Waals surface area contributed by atoms with Gasteiger partial charge in [-0.2, -0.15) is 13.2 Å². The van der Waals surface area contributed by atoms with Crippen LogP contribution in [0.3, 0.4) is 0 Å². The van der Waals surface area contributed by atoms with Gasteiger partial charge >= 0.3 is 6.18 Å². The highest BCUT2D eigenvalue weighted by atomic mass is 19.4. The third-order valence-electron chi connectivity index (χ3n) is 3.86. The third-order valence-corrected chi connectivity index (χ3v) is 3.86. The number of carbonyl (C=O) groups excluding carboxylic acids is 2. The number of halogens is 5. The molecule has 2 amide bonds. The molecule has 0 bridgehead atoms. The van der Waals surface area contributed by atoms with Crippen molar-refractivity contribution in [3.05, 3.63) is 59.3 Å². The number of amides is 2. The Hall–Kier alpha value is -3.04. The minimum Gasteiger partial charge on any atom is -0.344 e. The molecule has 10 heteroatoms. The SMILES string of the molecule is CCCC(NC(=O)Cc1cc(F)cc(F)c1)C(=O)Nc1ccc(C(F)(F)F)cn1. The van der Waals surface area contributed by atoms with E-state index >= 15 is 0 Å². The Morgan fingerprint density at radius 2 is 1.76 bits per heavy atom. The highest BCUT2D eigenvalue weighted by molar-refractivity contribution is 5.96. The van der Waals surface area contributed by atoms with Gasteiger partial charge in [-0.15, -0.1) is 0 Å². The van der Waals surface area contributed by atoms with Gasteiger partial charge in [0.05, 0.1) is 12.0 Å². The summed E-state index contributed by atoms with van der Waals surface area (Å²) in [5.74, 6) is -3.07. The Balaban J connectivity index is 2.02. The topological polar surface area (TPSA) is 71.1 Å². The second-order valence-electron chi connectivity index (χ2n) is 6.28. The van der Waals surface area contributed by atoms with Gasteiger partial charge < -0.3 is 10.6 Å². The predicted octanol–water partition coefficient (Wildman–Crippen LogP) is 3.84. The van der Waals surface area contributed by atoms with Crippen molar-refractivity contribution in [3.63, 3.8) is 0 Å². The van der Waals surface area contributed by atoms with Crippen LogP contribution in [0, 0.1) is 11.6 Å². The van der Waals surface area contributed by atoms with E-state index in [0.717, 1.165) is 24.3 Å². The van der Waals surface area contributed by atoms with Gasteiger partial charge in [0.2, 0.25) is 11.8 Å². The van der Waals surface area contributed by atoms with E-state index in [1.54, 1.807) is 6.92 Å². The van der Waals surface area contributed by atoms with Crippen molar-refractivity contribution in [1.82, 2.24) is 10.3 Å². The molecule has 5 nitrogen and oxygen atoms in total. The highest BCUT2D eigenvalue weighted by Crippen LogP contribution is 2.28. The summed E-state index contributed by atoms with van der Waals surface area (Å²) in [6.07, 6.45) is -3.55. The zero-order valence-corrected chi connectivity index (χ0v) is 15.3. The molecule has 1 atom stereocenters. The van der Waals surface area contributed by atoms with Crippen LogP contribution in [0.1, 0.15) is 30.9 Å². The molecule has 0 saturated carbocycles. The fourth-order valence-corrected chi connectivity index (χ4v) is 2.55. The zero-order chi connectivity index (χ0) is 21.6. The van der Waals surface area contributed by atoms with E-state index < -0.39 is 41.2 Å². The largest absolute Gasteiger partial charge is 0.417 e. The van der Waals surface area contributed by atoms with Crippen LogP contribution in [-0.2, 0) is 22.2 Å². The molecule has 156 valence electrons. The highest BCUT2D eigenvalue weighted by Gasteiger charge is 2.30. The van der Waals surface area contributed by atoms with E-state index in [1.165, 1.54) is 0 Å². The molecule has 29 heavy (non-hydrogen) atoms. The predicted molar refractivity (Wildman–Crippen MR) is 94.8 cm³/mol. The number of nitrogens with one attached hydrogen (secondary N) is 2. The molecule has 0 aliphatic carbocycles. The molecule has 0 saturated heterocycles. The molecular formula is C19H18F5N3O2. The van der Waals surface area contributed by atoms with E-state index in [9.17, 15) is 31.5 Å². The molecule has 1 aromatic carbocycles. The summed E-state index contributed by atoms with van der Waals surface area (Å²) in [5, 5.41) is 4.80. The number of hydrogen-bond donors (Lipinski definition) is 2. The first-order valence-corrected chi connectivity index (χ1v) is 8.67. The number of rotatable bonds is 7. The number of alkyl halides is 3. The van der Waals surface area contributed by atoms with Crippen LogP contribution in [0.5, 0.6) is 0 Å². The van der Waals surface area contributed by atoms with Crippen LogP contribution >= 0.6 is 0 Å². The van der Waals surface area contributed by atoms with E-state index in [-0.39, 0.29) is 24.2 Å². The van der Waals surface area contributed by atoms with Gasteiger partial charge in [-0.1, -0.05) is 13.3 Å². The van der Waals surface area contributed by atoms with E-state index in [0.29, 0.717) is 18.7 Å². The summed E-state index contributed by atoms with van der Waals surface area (Å²) in [6.45, 7) is 1.77. The molecule has 1 heterocycles. The minimum absolute atomic E-state index is 0.0973. The maximum atomic E-state index is 13.2. The molecule has 1 aromatic heterocycles. The van der Waals surface area contributed by atoms with Crippen LogP contribution in [0.2, 0.25) is 0 Å². The molecule has 2 aromatic rings. The number of hydrogen-bond acceptors (Lipinski definition) is 3. The van der Waals surface area contributed by atoms with Gasteiger partial charge in [-0.05, 0) is 36.2 Å². The smallest absolute Gasteiger partial charge is 0.344 e. The number of nitrogens with zero attached hydrogens (tertiary/aromatic N) is 1. The molecule has 0 aliphatic rings. The van der Waals surface area contributed by atoms with Crippen molar-refractivity contribution < 1.29 is 31.5 Å².